The number of thioether (sulfide) groups is 1. The lowest BCUT2D eigenvalue weighted by molar-refractivity contribution is 0.342. The number of benzene rings is 1. The van der Waals surface area contributed by atoms with Crippen molar-refractivity contribution in [2.24, 2.45) is 0 Å². The fourth-order valence-corrected chi connectivity index (χ4v) is 3.48. The molecule has 2 aromatic rings. The number of hydrogen-bond acceptors (Lipinski definition) is 5. The van der Waals surface area contributed by atoms with Crippen molar-refractivity contribution in [3.63, 3.8) is 0 Å². The molecule has 0 saturated carbocycles. The molecular formula is C13H14BrN3OS. The predicted octanol–water partition coefficient (Wildman–Crippen LogP) is 3.55. The highest BCUT2D eigenvalue weighted by atomic mass is 79.9. The predicted molar refractivity (Wildman–Crippen MR) is 78.0 cm³/mol. The SMILES string of the molecule is Brc1ccccc1SCc1noc([C@@H]2CCCN2)n1. The Labute approximate surface area is 124 Å². The molecule has 0 radical (unpaired) electrons. The first-order valence-electron chi connectivity index (χ1n) is 6.26. The van der Waals surface area contributed by atoms with E-state index in [9.17, 15) is 0 Å². The van der Waals surface area contributed by atoms with Crippen LogP contribution in [0.1, 0.15) is 30.6 Å². The van der Waals surface area contributed by atoms with Gasteiger partial charge in [-0.25, -0.2) is 0 Å². The highest BCUT2D eigenvalue weighted by Crippen LogP contribution is 2.29. The maximum Gasteiger partial charge on any atom is 0.243 e. The summed E-state index contributed by atoms with van der Waals surface area (Å²) < 4.78 is 6.42. The first-order valence-corrected chi connectivity index (χ1v) is 8.04. The van der Waals surface area contributed by atoms with Crippen LogP contribution < -0.4 is 5.32 Å². The summed E-state index contributed by atoms with van der Waals surface area (Å²) in [5.41, 5.74) is 0. The lowest BCUT2D eigenvalue weighted by Gasteiger charge is -2.02. The van der Waals surface area contributed by atoms with E-state index in [0.717, 1.165) is 34.9 Å². The van der Waals surface area contributed by atoms with Gasteiger partial charge < -0.3 is 9.84 Å². The normalized spacial score (nSPS) is 18.9. The van der Waals surface area contributed by atoms with Crippen molar-refractivity contribution in [2.45, 2.75) is 29.5 Å². The number of nitrogens with zero attached hydrogens (tertiary/aromatic N) is 2. The standard InChI is InChI=1S/C13H14BrN3OS/c14-9-4-1-2-6-11(9)19-8-12-16-13(18-17-12)10-5-3-7-15-10/h1-2,4,6,10,15H,3,5,7-8H2/t10-/m0/s1. The van der Waals surface area contributed by atoms with Crippen molar-refractivity contribution >= 4 is 27.7 Å². The summed E-state index contributed by atoms with van der Waals surface area (Å²) >= 11 is 5.24. The van der Waals surface area contributed by atoms with Gasteiger partial charge in [0.1, 0.15) is 0 Å². The molecule has 19 heavy (non-hydrogen) atoms. The van der Waals surface area contributed by atoms with E-state index in [2.05, 4.69) is 37.5 Å². The highest BCUT2D eigenvalue weighted by Gasteiger charge is 2.22. The lowest BCUT2D eigenvalue weighted by Crippen LogP contribution is -2.13. The molecule has 1 N–H and O–H groups in total. The minimum Gasteiger partial charge on any atom is -0.338 e. The number of rotatable bonds is 4. The summed E-state index contributed by atoms with van der Waals surface area (Å²) in [5, 5.41) is 7.40. The minimum absolute atomic E-state index is 0.245. The van der Waals surface area contributed by atoms with Crippen LogP contribution in [-0.2, 0) is 5.75 Å². The van der Waals surface area contributed by atoms with Crippen LogP contribution in [0.4, 0.5) is 0 Å². The molecule has 0 spiro atoms. The quantitative estimate of drug-likeness (QED) is 0.863. The molecule has 1 atom stereocenters. The second kappa shape index (κ2) is 6.07. The summed E-state index contributed by atoms with van der Waals surface area (Å²) in [6.07, 6.45) is 2.26. The van der Waals surface area contributed by atoms with Crippen molar-refractivity contribution in [2.75, 3.05) is 6.54 Å². The van der Waals surface area contributed by atoms with E-state index in [-0.39, 0.29) is 6.04 Å². The van der Waals surface area contributed by atoms with E-state index in [1.165, 1.54) is 11.3 Å². The number of halogens is 1. The molecule has 0 bridgehead atoms. The Balaban J connectivity index is 1.63. The zero-order valence-corrected chi connectivity index (χ0v) is 12.7. The second-order valence-corrected chi connectivity index (χ2v) is 6.29. The summed E-state index contributed by atoms with van der Waals surface area (Å²) in [5.74, 6) is 2.20. The van der Waals surface area contributed by atoms with Gasteiger partial charge in [-0.05, 0) is 47.4 Å². The fourth-order valence-electron chi connectivity index (χ4n) is 2.07. The zero-order chi connectivity index (χ0) is 13.1. The average Bonchev–Trinajstić information content (AvgIpc) is 3.09. The number of hydrogen-bond donors (Lipinski definition) is 1. The highest BCUT2D eigenvalue weighted by molar-refractivity contribution is 9.10. The van der Waals surface area contributed by atoms with Crippen LogP contribution >= 0.6 is 27.7 Å². The third kappa shape index (κ3) is 3.19. The van der Waals surface area contributed by atoms with Gasteiger partial charge in [0.25, 0.3) is 0 Å². The van der Waals surface area contributed by atoms with Crippen LogP contribution in [0.15, 0.2) is 38.2 Å². The van der Waals surface area contributed by atoms with E-state index in [1.807, 2.05) is 18.2 Å². The first-order chi connectivity index (χ1) is 9.33. The molecule has 4 nitrogen and oxygen atoms in total. The Bertz CT molecular complexity index is 554. The fraction of sp³-hybridized carbons (Fsp3) is 0.385. The molecule has 1 aliphatic heterocycles. The van der Waals surface area contributed by atoms with Crippen molar-refractivity contribution in [1.29, 1.82) is 0 Å². The van der Waals surface area contributed by atoms with Gasteiger partial charge in [-0.15, -0.1) is 11.8 Å². The van der Waals surface area contributed by atoms with Crippen LogP contribution in [0.25, 0.3) is 0 Å². The topological polar surface area (TPSA) is 51.0 Å². The zero-order valence-electron chi connectivity index (χ0n) is 10.3. The van der Waals surface area contributed by atoms with Gasteiger partial charge in [0.15, 0.2) is 5.82 Å². The molecule has 1 saturated heterocycles. The van der Waals surface area contributed by atoms with E-state index >= 15 is 0 Å². The first kappa shape index (κ1) is 13.1. The van der Waals surface area contributed by atoms with Gasteiger partial charge in [0.05, 0.1) is 11.8 Å². The van der Waals surface area contributed by atoms with Crippen LogP contribution in [0.3, 0.4) is 0 Å². The molecular weight excluding hydrogens is 326 g/mol. The monoisotopic (exact) mass is 339 g/mol. The Kier molecular flexibility index (Phi) is 4.20. The van der Waals surface area contributed by atoms with Crippen LogP contribution in [0.5, 0.6) is 0 Å². The molecule has 0 aliphatic carbocycles. The van der Waals surface area contributed by atoms with Gasteiger partial charge in [-0.2, -0.15) is 4.98 Å². The van der Waals surface area contributed by atoms with Gasteiger partial charge in [0.2, 0.25) is 5.89 Å². The van der Waals surface area contributed by atoms with Gasteiger partial charge >= 0.3 is 0 Å². The molecule has 0 amide bonds. The third-order valence-electron chi connectivity index (χ3n) is 3.04. The summed E-state index contributed by atoms with van der Waals surface area (Å²) in [6.45, 7) is 1.04. The number of aromatic nitrogens is 2. The maximum absolute atomic E-state index is 5.32. The third-order valence-corrected chi connectivity index (χ3v) is 5.06. The molecule has 100 valence electrons. The Morgan fingerprint density at radius 3 is 3.11 bits per heavy atom. The van der Waals surface area contributed by atoms with Gasteiger partial charge in [-0.3, -0.25) is 0 Å². The molecule has 1 aromatic heterocycles. The van der Waals surface area contributed by atoms with Gasteiger partial charge in [0, 0.05) is 9.37 Å². The Morgan fingerprint density at radius 1 is 1.42 bits per heavy atom. The van der Waals surface area contributed by atoms with Gasteiger partial charge in [-0.1, -0.05) is 17.3 Å². The van der Waals surface area contributed by atoms with E-state index in [4.69, 9.17) is 4.52 Å². The summed E-state index contributed by atoms with van der Waals surface area (Å²) in [7, 11) is 0. The molecule has 0 unspecified atom stereocenters. The van der Waals surface area contributed by atoms with Crippen LogP contribution in [0, 0.1) is 0 Å². The lowest BCUT2D eigenvalue weighted by atomic mass is 10.2. The van der Waals surface area contributed by atoms with E-state index in [0.29, 0.717) is 0 Å². The molecule has 1 aliphatic rings. The van der Waals surface area contributed by atoms with E-state index in [1.54, 1.807) is 11.8 Å². The van der Waals surface area contributed by atoms with Crippen molar-refractivity contribution in [3.05, 3.63) is 40.5 Å². The van der Waals surface area contributed by atoms with Crippen molar-refractivity contribution in [1.82, 2.24) is 15.5 Å². The average molecular weight is 340 g/mol. The molecule has 1 aromatic carbocycles. The van der Waals surface area contributed by atoms with E-state index < -0.39 is 0 Å². The van der Waals surface area contributed by atoms with Crippen molar-refractivity contribution in [3.8, 4) is 0 Å². The largest absolute Gasteiger partial charge is 0.338 e. The minimum atomic E-state index is 0.245. The van der Waals surface area contributed by atoms with Crippen molar-refractivity contribution < 1.29 is 4.52 Å². The van der Waals surface area contributed by atoms with Crippen LogP contribution in [-0.4, -0.2) is 16.7 Å². The summed E-state index contributed by atoms with van der Waals surface area (Å²) in [6, 6.07) is 8.39. The number of nitrogens with one attached hydrogen (secondary N) is 1. The molecule has 3 rings (SSSR count). The molecule has 6 heteroatoms. The Hall–Kier alpha value is -0.850. The second-order valence-electron chi connectivity index (χ2n) is 4.42. The molecule has 2 heterocycles. The smallest absolute Gasteiger partial charge is 0.243 e. The van der Waals surface area contributed by atoms with Crippen LogP contribution in [0.2, 0.25) is 0 Å². The summed E-state index contributed by atoms with van der Waals surface area (Å²) in [4.78, 5) is 5.65. The Morgan fingerprint density at radius 2 is 2.32 bits per heavy atom. The maximum atomic E-state index is 5.32. The molecule has 1 fully saturated rings.